The average molecular weight is 535 g/mol. The molecule has 3 unspecified atom stereocenters. The Morgan fingerprint density at radius 1 is 0.946 bits per heavy atom. The number of thioether (sulfide) groups is 2. The van der Waals surface area contributed by atoms with Gasteiger partial charge in [-0.1, -0.05) is 54.6 Å². The molecule has 1 aromatic heterocycles. The molecule has 192 valence electrons. The number of likely N-dealkylation sites (tertiary alicyclic amines) is 1. The molecule has 3 heterocycles. The molecule has 0 bridgehead atoms. The zero-order chi connectivity index (χ0) is 25.7. The number of piperidine rings is 1. The average Bonchev–Trinajstić information content (AvgIpc) is 2.97. The molecule has 0 spiro atoms. The number of carbonyl (C=O) groups excluding carboxylic acids is 1. The molecular weight excluding hydrogens is 504 g/mol. The van der Waals surface area contributed by atoms with Crippen LogP contribution in [0.2, 0.25) is 0 Å². The third kappa shape index (κ3) is 5.50. The van der Waals surface area contributed by atoms with E-state index in [0.717, 1.165) is 35.6 Å². The molecule has 2 aromatic carbocycles. The Balaban J connectivity index is 1.52. The Kier molecular flexibility index (Phi) is 8.05. The van der Waals surface area contributed by atoms with E-state index in [4.69, 9.17) is 9.72 Å². The zero-order valence-electron chi connectivity index (χ0n) is 20.4. The number of aromatic nitrogens is 1. The van der Waals surface area contributed by atoms with Gasteiger partial charge in [0.2, 0.25) is 0 Å². The van der Waals surface area contributed by atoms with E-state index in [1.165, 1.54) is 4.90 Å². The van der Waals surface area contributed by atoms with Crippen molar-refractivity contribution in [2.45, 2.75) is 35.5 Å². The van der Waals surface area contributed by atoms with E-state index in [1.54, 1.807) is 41.9 Å². The maximum absolute atomic E-state index is 13.4. The van der Waals surface area contributed by atoms with Crippen molar-refractivity contribution in [3.63, 3.8) is 0 Å². The summed E-state index contributed by atoms with van der Waals surface area (Å²) in [5.41, 5.74) is 2.34. The van der Waals surface area contributed by atoms with E-state index >= 15 is 0 Å². The fourth-order valence-electron chi connectivity index (χ4n) is 5.30. The van der Waals surface area contributed by atoms with E-state index in [9.17, 15) is 14.7 Å². The van der Waals surface area contributed by atoms with Crippen molar-refractivity contribution in [1.29, 1.82) is 0 Å². The molecule has 1 amide bonds. The Morgan fingerprint density at radius 2 is 1.62 bits per heavy atom. The fraction of sp³-hybridized carbons (Fsp3) is 0.345. The highest BCUT2D eigenvalue weighted by Gasteiger charge is 2.52. The zero-order valence-corrected chi connectivity index (χ0v) is 22.1. The minimum atomic E-state index is -0.956. The molecule has 8 heteroatoms. The summed E-state index contributed by atoms with van der Waals surface area (Å²) in [6.45, 7) is 0.289. The van der Waals surface area contributed by atoms with Crippen LogP contribution in [-0.2, 0) is 8.82 Å². The summed E-state index contributed by atoms with van der Waals surface area (Å²) in [5, 5.41) is 10.2. The molecule has 3 atom stereocenters. The second-order valence-corrected chi connectivity index (χ2v) is 12.3. The number of nitrogens with zero attached hydrogens (tertiary/aromatic N) is 2. The summed E-state index contributed by atoms with van der Waals surface area (Å²) in [6, 6.07) is 24.4. The molecule has 2 aliphatic rings. The van der Waals surface area contributed by atoms with Gasteiger partial charge in [-0.25, -0.2) is 9.59 Å². The summed E-state index contributed by atoms with van der Waals surface area (Å²) in [4.78, 5) is 32.1. The summed E-state index contributed by atoms with van der Waals surface area (Å²) in [6.07, 6.45) is 2.73. The van der Waals surface area contributed by atoms with Crippen molar-refractivity contribution in [3.05, 3.63) is 102 Å². The van der Waals surface area contributed by atoms with Gasteiger partial charge in [0.25, 0.3) is 0 Å². The third-order valence-electron chi connectivity index (χ3n) is 7.04. The van der Waals surface area contributed by atoms with Gasteiger partial charge < -0.3 is 14.7 Å². The molecule has 0 radical (unpaired) electrons. The number of esters is 1. The summed E-state index contributed by atoms with van der Waals surface area (Å²) in [7, 11) is 0. The molecule has 37 heavy (non-hydrogen) atoms. The van der Waals surface area contributed by atoms with Gasteiger partial charge in [0.1, 0.15) is 10.2 Å². The number of hydrogen-bond acceptors (Lipinski definition) is 6. The van der Waals surface area contributed by atoms with Crippen LogP contribution in [0.1, 0.15) is 46.9 Å². The van der Waals surface area contributed by atoms with Crippen LogP contribution in [0, 0.1) is 5.92 Å². The third-order valence-corrected chi connectivity index (χ3v) is 10.5. The lowest BCUT2D eigenvalue weighted by molar-refractivity contribution is -0.0127. The predicted octanol–water partition coefficient (Wildman–Crippen LogP) is 6.46. The normalized spacial score (nSPS) is 22.1. The molecule has 6 nitrogen and oxygen atoms in total. The van der Waals surface area contributed by atoms with Gasteiger partial charge in [0.15, 0.2) is 0 Å². The van der Waals surface area contributed by atoms with Crippen LogP contribution in [0.15, 0.2) is 85.1 Å². The van der Waals surface area contributed by atoms with Gasteiger partial charge in [0.05, 0.1) is 17.3 Å². The molecule has 3 aromatic rings. The van der Waals surface area contributed by atoms with E-state index < -0.39 is 16.3 Å². The van der Waals surface area contributed by atoms with Gasteiger partial charge in [-0.15, -0.1) is 23.5 Å². The van der Waals surface area contributed by atoms with Gasteiger partial charge >= 0.3 is 12.1 Å². The number of carboxylic acid groups (broad SMARTS) is 1. The van der Waals surface area contributed by atoms with Gasteiger partial charge in [-0.05, 0) is 60.6 Å². The maximum Gasteiger partial charge on any atom is 0.407 e. The number of ether oxygens (including phenoxy) is 1. The van der Waals surface area contributed by atoms with E-state index in [1.807, 2.05) is 66.7 Å². The first-order chi connectivity index (χ1) is 18.1. The highest BCUT2D eigenvalue weighted by Crippen LogP contribution is 2.56. The highest BCUT2D eigenvalue weighted by atomic mass is 32.2. The van der Waals surface area contributed by atoms with Crippen LogP contribution in [0.5, 0.6) is 0 Å². The maximum atomic E-state index is 13.4. The summed E-state index contributed by atoms with van der Waals surface area (Å²) >= 11 is 3.53. The minimum absolute atomic E-state index is 0.177. The van der Waals surface area contributed by atoms with Crippen LogP contribution < -0.4 is 0 Å². The minimum Gasteiger partial charge on any atom is -0.465 e. The lowest BCUT2D eigenvalue weighted by Crippen LogP contribution is -2.52. The number of benzene rings is 2. The first-order valence-corrected chi connectivity index (χ1v) is 14.6. The second kappa shape index (κ2) is 11.6. The Morgan fingerprint density at radius 3 is 2.27 bits per heavy atom. The quantitative estimate of drug-likeness (QED) is 0.364. The number of pyridine rings is 1. The van der Waals surface area contributed by atoms with Crippen LogP contribution in [-0.4, -0.2) is 51.2 Å². The summed E-state index contributed by atoms with van der Waals surface area (Å²) < 4.78 is 5.79. The molecule has 2 saturated heterocycles. The molecule has 0 aliphatic carbocycles. The Hall–Kier alpha value is -2.97. The van der Waals surface area contributed by atoms with Crippen LogP contribution in [0.4, 0.5) is 4.79 Å². The van der Waals surface area contributed by atoms with Crippen molar-refractivity contribution < 1.29 is 19.4 Å². The lowest BCUT2D eigenvalue weighted by atomic mass is 9.84. The standard InChI is InChI=1S/C29H30N2O4S2/c32-27(22-12-5-2-6-13-22)35-26(29(36-18-9-19-37-29)25-14-7-8-17-30-25)23-15-16-24(31(20-23)28(33)34)21-10-3-1-4-11-21/h1-8,10-14,17,23-24,26H,9,15-16,18-20H2,(H,33,34). The molecule has 2 fully saturated rings. The number of carbonyl (C=O) groups is 2. The monoisotopic (exact) mass is 534 g/mol. The second-order valence-electron chi connectivity index (χ2n) is 9.32. The predicted molar refractivity (Wildman–Crippen MR) is 148 cm³/mol. The Labute approximate surface area is 225 Å². The first-order valence-electron chi connectivity index (χ1n) is 12.6. The van der Waals surface area contributed by atoms with Crippen molar-refractivity contribution in [2.75, 3.05) is 18.1 Å². The van der Waals surface area contributed by atoms with E-state index in [0.29, 0.717) is 12.0 Å². The smallest absolute Gasteiger partial charge is 0.407 e. The Bertz CT molecular complexity index is 1190. The van der Waals surface area contributed by atoms with Crippen molar-refractivity contribution >= 4 is 35.6 Å². The number of hydrogen-bond donors (Lipinski definition) is 1. The summed E-state index contributed by atoms with van der Waals surface area (Å²) in [5.74, 6) is 1.28. The van der Waals surface area contributed by atoms with Crippen molar-refractivity contribution in [3.8, 4) is 0 Å². The van der Waals surface area contributed by atoms with Crippen LogP contribution in [0.25, 0.3) is 0 Å². The highest BCUT2D eigenvalue weighted by molar-refractivity contribution is 8.18. The topological polar surface area (TPSA) is 79.7 Å². The van der Waals surface area contributed by atoms with Gasteiger partial charge in [-0.2, -0.15) is 0 Å². The number of amides is 1. The SMILES string of the molecule is O=C(OC(C1CCC(c2ccccc2)N(C(=O)O)C1)C1(c2ccccn2)SCCCS1)c1ccccc1. The molecule has 2 aliphatic heterocycles. The van der Waals surface area contributed by atoms with Gasteiger partial charge in [0, 0.05) is 18.7 Å². The first kappa shape index (κ1) is 25.7. The molecular formula is C29H30N2O4S2. The molecule has 0 saturated carbocycles. The van der Waals surface area contributed by atoms with Crippen molar-refractivity contribution in [2.24, 2.45) is 5.92 Å². The largest absolute Gasteiger partial charge is 0.465 e. The van der Waals surface area contributed by atoms with Crippen LogP contribution >= 0.6 is 23.5 Å². The number of rotatable bonds is 6. The van der Waals surface area contributed by atoms with Crippen molar-refractivity contribution in [1.82, 2.24) is 9.88 Å². The lowest BCUT2D eigenvalue weighted by Gasteiger charge is -2.47. The molecule has 1 N–H and O–H groups in total. The fourth-order valence-corrected chi connectivity index (χ4v) is 8.84. The molecule has 5 rings (SSSR count). The van der Waals surface area contributed by atoms with E-state index in [-0.39, 0.29) is 24.5 Å². The van der Waals surface area contributed by atoms with E-state index in [2.05, 4.69) is 0 Å². The van der Waals surface area contributed by atoms with Gasteiger partial charge in [-0.3, -0.25) is 4.98 Å². The van der Waals surface area contributed by atoms with Crippen LogP contribution in [0.3, 0.4) is 0 Å².